The van der Waals surface area contributed by atoms with Crippen molar-refractivity contribution < 1.29 is 19.1 Å². The zero-order chi connectivity index (χ0) is 23.2. The van der Waals surface area contributed by atoms with E-state index in [9.17, 15) is 9.59 Å². The molecule has 1 unspecified atom stereocenters. The first-order valence-corrected chi connectivity index (χ1v) is 10.9. The highest BCUT2D eigenvalue weighted by Crippen LogP contribution is 2.36. The molecule has 1 atom stereocenters. The number of nitrogens with one attached hydrogen (secondary N) is 2. The Labute approximate surface area is 197 Å². The maximum absolute atomic E-state index is 13.1. The molecule has 0 bridgehead atoms. The van der Waals surface area contributed by atoms with Crippen molar-refractivity contribution in [3.05, 3.63) is 106 Å². The fourth-order valence-corrected chi connectivity index (χ4v) is 3.78. The number of halogens is 1. The number of benzene rings is 3. The molecule has 33 heavy (non-hydrogen) atoms. The summed E-state index contributed by atoms with van der Waals surface area (Å²) in [5.41, 5.74) is 3.02. The van der Waals surface area contributed by atoms with Crippen molar-refractivity contribution in [3.63, 3.8) is 0 Å². The molecule has 1 aliphatic rings. The average molecular weight is 463 g/mol. The van der Waals surface area contributed by atoms with E-state index in [4.69, 9.17) is 21.1 Å². The third-order valence-electron chi connectivity index (χ3n) is 5.17. The van der Waals surface area contributed by atoms with Crippen LogP contribution in [0.15, 0.2) is 84.4 Å². The fourth-order valence-electron chi connectivity index (χ4n) is 3.65. The second-order valence-corrected chi connectivity index (χ2v) is 7.80. The number of amides is 2. The van der Waals surface area contributed by atoms with Gasteiger partial charge in [0.05, 0.1) is 23.9 Å². The predicted molar refractivity (Wildman–Crippen MR) is 127 cm³/mol. The summed E-state index contributed by atoms with van der Waals surface area (Å²) in [5.74, 6) is 0.0372. The smallest absolute Gasteiger partial charge is 0.338 e. The lowest BCUT2D eigenvalue weighted by Gasteiger charge is -2.30. The lowest BCUT2D eigenvalue weighted by atomic mass is 9.92. The Morgan fingerprint density at radius 1 is 0.970 bits per heavy atom. The maximum Gasteiger partial charge on any atom is 0.338 e. The van der Waals surface area contributed by atoms with Crippen LogP contribution in [0.3, 0.4) is 0 Å². The summed E-state index contributed by atoms with van der Waals surface area (Å²) in [6, 6.07) is 22.7. The summed E-state index contributed by atoms with van der Waals surface area (Å²) in [6.07, 6.45) is 0. The molecule has 168 valence electrons. The van der Waals surface area contributed by atoms with E-state index in [1.54, 1.807) is 19.1 Å². The molecule has 6 nitrogen and oxygen atoms in total. The van der Waals surface area contributed by atoms with Crippen LogP contribution < -0.4 is 15.4 Å². The Kier molecular flexibility index (Phi) is 6.95. The van der Waals surface area contributed by atoms with E-state index in [2.05, 4.69) is 10.6 Å². The fraction of sp³-hybridized carbons (Fsp3) is 0.154. The predicted octanol–water partition coefficient (Wildman–Crippen LogP) is 5.25. The highest BCUT2D eigenvalue weighted by atomic mass is 35.5. The molecule has 4 rings (SSSR count). The van der Waals surface area contributed by atoms with Gasteiger partial charge in [0, 0.05) is 10.6 Å². The van der Waals surface area contributed by atoms with Crippen molar-refractivity contribution in [2.75, 3.05) is 6.61 Å². The van der Waals surface area contributed by atoms with Crippen molar-refractivity contribution in [2.24, 2.45) is 0 Å². The SMILES string of the molecule is CCOC(=O)C1=C(c2ccccc2)NC(=O)NC1c1ccccc1OCc1ccc(Cl)cc1. The second-order valence-electron chi connectivity index (χ2n) is 7.36. The molecule has 1 aliphatic heterocycles. The molecule has 3 aromatic carbocycles. The molecule has 0 radical (unpaired) electrons. The Hall–Kier alpha value is -3.77. The number of ether oxygens (including phenoxy) is 2. The van der Waals surface area contributed by atoms with Crippen molar-refractivity contribution in [2.45, 2.75) is 19.6 Å². The van der Waals surface area contributed by atoms with Crippen molar-refractivity contribution in [1.82, 2.24) is 10.6 Å². The molecule has 7 heteroatoms. The number of rotatable bonds is 7. The van der Waals surface area contributed by atoms with Gasteiger partial charge in [-0.05, 0) is 36.2 Å². The summed E-state index contributed by atoms with van der Waals surface area (Å²) in [7, 11) is 0. The molecule has 2 amide bonds. The van der Waals surface area contributed by atoms with E-state index in [1.807, 2.05) is 66.7 Å². The van der Waals surface area contributed by atoms with Crippen molar-refractivity contribution in [1.29, 1.82) is 0 Å². The van der Waals surface area contributed by atoms with Crippen LogP contribution in [0.25, 0.3) is 5.70 Å². The van der Waals surface area contributed by atoms with Crippen LogP contribution in [-0.2, 0) is 16.1 Å². The average Bonchev–Trinajstić information content (AvgIpc) is 2.84. The Morgan fingerprint density at radius 3 is 2.39 bits per heavy atom. The molecule has 0 aliphatic carbocycles. The molecule has 0 aromatic heterocycles. The van der Waals surface area contributed by atoms with Gasteiger partial charge in [0.2, 0.25) is 0 Å². The highest BCUT2D eigenvalue weighted by molar-refractivity contribution is 6.30. The topological polar surface area (TPSA) is 76.7 Å². The minimum absolute atomic E-state index is 0.208. The molecule has 0 fully saturated rings. The first-order valence-electron chi connectivity index (χ1n) is 10.6. The number of hydrogen-bond donors (Lipinski definition) is 2. The van der Waals surface area contributed by atoms with Crippen molar-refractivity contribution >= 4 is 29.3 Å². The molecular formula is C26H23ClN2O4. The van der Waals surface area contributed by atoms with Gasteiger partial charge in [-0.25, -0.2) is 9.59 Å². The summed E-state index contributed by atoms with van der Waals surface area (Å²) in [6.45, 7) is 2.25. The maximum atomic E-state index is 13.1. The highest BCUT2D eigenvalue weighted by Gasteiger charge is 2.35. The molecule has 1 heterocycles. The lowest BCUT2D eigenvalue weighted by Crippen LogP contribution is -2.45. The summed E-state index contributed by atoms with van der Waals surface area (Å²) in [5, 5.41) is 6.29. The number of esters is 1. The quantitative estimate of drug-likeness (QED) is 0.470. The molecule has 2 N–H and O–H groups in total. The van der Waals surface area contributed by atoms with E-state index in [-0.39, 0.29) is 6.61 Å². The lowest BCUT2D eigenvalue weighted by molar-refractivity contribution is -0.138. The van der Waals surface area contributed by atoms with E-state index < -0.39 is 18.0 Å². The first-order chi connectivity index (χ1) is 16.1. The first kappa shape index (κ1) is 22.4. The normalized spacial score (nSPS) is 15.5. The van der Waals surface area contributed by atoms with Gasteiger partial charge in [0.15, 0.2) is 0 Å². The van der Waals surface area contributed by atoms with Gasteiger partial charge in [0.25, 0.3) is 0 Å². The molecule has 0 spiro atoms. The number of carbonyl (C=O) groups excluding carboxylic acids is 2. The molecule has 3 aromatic rings. The van der Waals surface area contributed by atoms with Crippen LogP contribution in [0.5, 0.6) is 5.75 Å². The van der Waals surface area contributed by atoms with Gasteiger partial charge in [-0.15, -0.1) is 0 Å². The zero-order valence-electron chi connectivity index (χ0n) is 18.0. The van der Waals surface area contributed by atoms with Gasteiger partial charge in [0.1, 0.15) is 12.4 Å². The van der Waals surface area contributed by atoms with Crippen LogP contribution >= 0.6 is 11.6 Å². The standard InChI is InChI=1S/C26H23ClN2O4/c1-2-32-25(30)22-23(18-8-4-3-5-9-18)28-26(31)29-24(22)20-10-6-7-11-21(20)33-16-17-12-14-19(27)15-13-17/h3-15,24H,2,16H2,1H3,(H2,28,29,31). The number of urea groups is 1. The van der Waals surface area contributed by atoms with Crippen LogP contribution in [-0.4, -0.2) is 18.6 Å². The van der Waals surface area contributed by atoms with Crippen molar-refractivity contribution in [3.8, 4) is 5.75 Å². The van der Waals surface area contributed by atoms with Crippen LogP contribution in [0, 0.1) is 0 Å². The van der Waals surface area contributed by atoms with E-state index in [0.717, 1.165) is 5.56 Å². The van der Waals surface area contributed by atoms with Gasteiger partial charge >= 0.3 is 12.0 Å². The van der Waals surface area contributed by atoms with Crippen LogP contribution in [0.1, 0.15) is 29.7 Å². The Bertz CT molecular complexity index is 1180. The third-order valence-corrected chi connectivity index (χ3v) is 5.42. The van der Waals surface area contributed by atoms with E-state index in [1.165, 1.54) is 0 Å². The van der Waals surface area contributed by atoms with Crippen LogP contribution in [0.2, 0.25) is 5.02 Å². The third kappa shape index (κ3) is 5.18. The molecular weight excluding hydrogens is 440 g/mol. The van der Waals surface area contributed by atoms with Gasteiger partial charge in [-0.1, -0.05) is 72.3 Å². The van der Waals surface area contributed by atoms with Gasteiger partial charge < -0.3 is 20.1 Å². The number of carbonyl (C=O) groups is 2. The summed E-state index contributed by atoms with van der Waals surface area (Å²) in [4.78, 5) is 25.7. The van der Waals surface area contributed by atoms with Gasteiger partial charge in [-0.2, -0.15) is 0 Å². The number of hydrogen-bond acceptors (Lipinski definition) is 4. The Morgan fingerprint density at radius 2 is 1.67 bits per heavy atom. The van der Waals surface area contributed by atoms with E-state index in [0.29, 0.717) is 39.8 Å². The zero-order valence-corrected chi connectivity index (χ0v) is 18.8. The van der Waals surface area contributed by atoms with Gasteiger partial charge in [-0.3, -0.25) is 0 Å². The second kappa shape index (κ2) is 10.2. The Balaban J connectivity index is 1.75. The minimum atomic E-state index is -0.755. The summed E-state index contributed by atoms with van der Waals surface area (Å²) < 4.78 is 11.5. The number of para-hydroxylation sites is 1. The van der Waals surface area contributed by atoms with Crippen LogP contribution in [0.4, 0.5) is 4.79 Å². The largest absolute Gasteiger partial charge is 0.489 e. The minimum Gasteiger partial charge on any atom is -0.489 e. The molecule has 0 saturated heterocycles. The van der Waals surface area contributed by atoms with E-state index >= 15 is 0 Å². The summed E-state index contributed by atoms with van der Waals surface area (Å²) >= 11 is 5.97. The monoisotopic (exact) mass is 462 g/mol. The molecule has 0 saturated carbocycles.